The highest BCUT2D eigenvalue weighted by Crippen LogP contribution is 2.37. The van der Waals surface area contributed by atoms with Crippen LogP contribution in [0.4, 0.5) is 0 Å². The van der Waals surface area contributed by atoms with Crippen LogP contribution in [0.5, 0.6) is 0 Å². The number of Topliss-reactive ketones (excluding diaryl/α,β-unsaturated/α-hetero) is 1. The highest BCUT2D eigenvalue weighted by Gasteiger charge is 2.39. The number of hydrogen-bond acceptors (Lipinski definition) is 3. The molecular weight excluding hydrogens is 304 g/mol. The average molecular weight is 337 g/mol. The zero-order valence-corrected chi connectivity index (χ0v) is 16.6. The van der Waals surface area contributed by atoms with Crippen molar-refractivity contribution < 1.29 is 14.3 Å². The molecule has 0 spiro atoms. The molecule has 23 heavy (non-hydrogen) atoms. The molecular formula is C19H32O3Si. The van der Waals surface area contributed by atoms with Gasteiger partial charge in [-0.25, -0.2) is 0 Å². The van der Waals surface area contributed by atoms with Crippen molar-refractivity contribution in [3.63, 3.8) is 0 Å². The predicted octanol–water partition coefficient (Wildman–Crippen LogP) is 4.51. The Bertz CT molecular complexity index is 515. The molecule has 4 heteroatoms. The molecule has 0 aliphatic carbocycles. The topological polar surface area (TPSA) is 46.5 Å². The first-order valence-electron chi connectivity index (χ1n) is 8.32. The van der Waals surface area contributed by atoms with E-state index in [4.69, 9.17) is 4.43 Å². The van der Waals surface area contributed by atoms with Gasteiger partial charge in [0.2, 0.25) is 0 Å². The van der Waals surface area contributed by atoms with Gasteiger partial charge in [-0.05, 0) is 44.0 Å². The lowest BCUT2D eigenvalue weighted by atomic mass is 9.79. The number of ketones is 1. The smallest absolute Gasteiger partial charge is 0.191 e. The SMILES string of the molecule is CC(=O)C(CCO[Si](C)(C)C(C)(C)C)C(C)(O)c1ccccc1. The maximum Gasteiger partial charge on any atom is 0.191 e. The van der Waals surface area contributed by atoms with Crippen molar-refractivity contribution in [2.24, 2.45) is 5.92 Å². The normalized spacial score (nSPS) is 16.7. The van der Waals surface area contributed by atoms with Gasteiger partial charge in [-0.15, -0.1) is 0 Å². The van der Waals surface area contributed by atoms with E-state index < -0.39 is 19.8 Å². The van der Waals surface area contributed by atoms with E-state index in [0.29, 0.717) is 13.0 Å². The third-order valence-electron chi connectivity index (χ3n) is 5.20. The summed E-state index contributed by atoms with van der Waals surface area (Å²) in [6.45, 7) is 14.8. The Labute approximate surface area is 142 Å². The van der Waals surface area contributed by atoms with Crippen LogP contribution in [0.15, 0.2) is 30.3 Å². The summed E-state index contributed by atoms with van der Waals surface area (Å²) >= 11 is 0. The standard InChI is InChI=1S/C19H32O3Si/c1-15(20)17(13-14-22-23(6,7)18(2,3)4)19(5,21)16-11-9-8-10-12-16/h8-12,17,21H,13-14H2,1-7H3. The van der Waals surface area contributed by atoms with Crippen LogP contribution in [-0.2, 0) is 14.8 Å². The van der Waals surface area contributed by atoms with Gasteiger partial charge in [-0.1, -0.05) is 51.1 Å². The first-order valence-corrected chi connectivity index (χ1v) is 11.2. The van der Waals surface area contributed by atoms with Crippen molar-refractivity contribution in [2.45, 2.75) is 64.8 Å². The molecule has 0 saturated heterocycles. The summed E-state index contributed by atoms with van der Waals surface area (Å²) in [5, 5.41) is 11.1. The molecule has 3 nitrogen and oxygen atoms in total. The summed E-state index contributed by atoms with van der Waals surface area (Å²) in [6.07, 6.45) is 0.531. The van der Waals surface area contributed by atoms with E-state index in [2.05, 4.69) is 33.9 Å². The van der Waals surface area contributed by atoms with Crippen molar-refractivity contribution in [3.8, 4) is 0 Å². The van der Waals surface area contributed by atoms with E-state index in [0.717, 1.165) is 5.56 Å². The van der Waals surface area contributed by atoms with Gasteiger partial charge < -0.3 is 9.53 Å². The van der Waals surface area contributed by atoms with Crippen molar-refractivity contribution in [1.29, 1.82) is 0 Å². The van der Waals surface area contributed by atoms with Gasteiger partial charge in [0.25, 0.3) is 0 Å². The van der Waals surface area contributed by atoms with E-state index in [-0.39, 0.29) is 10.8 Å². The molecule has 0 aliphatic rings. The fourth-order valence-corrected chi connectivity index (χ4v) is 3.57. The molecule has 2 atom stereocenters. The summed E-state index contributed by atoms with van der Waals surface area (Å²) < 4.78 is 6.18. The summed E-state index contributed by atoms with van der Waals surface area (Å²) in [4.78, 5) is 12.1. The molecule has 1 rings (SSSR count). The minimum Gasteiger partial charge on any atom is -0.417 e. The zero-order chi connectivity index (χ0) is 17.9. The van der Waals surface area contributed by atoms with Crippen LogP contribution in [-0.4, -0.2) is 25.8 Å². The highest BCUT2D eigenvalue weighted by atomic mass is 28.4. The average Bonchev–Trinajstić information content (AvgIpc) is 2.42. The zero-order valence-electron chi connectivity index (χ0n) is 15.6. The van der Waals surface area contributed by atoms with E-state index in [1.54, 1.807) is 13.8 Å². The fraction of sp³-hybridized carbons (Fsp3) is 0.632. The Morgan fingerprint density at radius 3 is 2.13 bits per heavy atom. The largest absolute Gasteiger partial charge is 0.417 e. The number of carbonyl (C=O) groups excluding carboxylic acids is 1. The van der Waals surface area contributed by atoms with Gasteiger partial charge in [-0.2, -0.15) is 0 Å². The monoisotopic (exact) mass is 336 g/mol. The lowest BCUT2D eigenvalue weighted by molar-refractivity contribution is -0.130. The molecule has 1 aromatic carbocycles. The van der Waals surface area contributed by atoms with Gasteiger partial charge in [0.1, 0.15) is 5.78 Å². The molecule has 1 N–H and O–H groups in total. The van der Waals surface area contributed by atoms with Crippen molar-refractivity contribution >= 4 is 14.1 Å². The second-order valence-corrected chi connectivity index (χ2v) is 12.9. The molecule has 130 valence electrons. The van der Waals surface area contributed by atoms with Crippen LogP contribution in [0.2, 0.25) is 18.1 Å². The van der Waals surface area contributed by atoms with Crippen molar-refractivity contribution in [3.05, 3.63) is 35.9 Å². The van der Waals surface area contributed by atoms with Gasteiger partial charge >= 0.3 is 0 Å². The number of rotatable bonds is 7. The Morgan fingerprint density at radius 1 is 1.17 bits per heavy atom. The van der Waals surface area contributed by atoms with Crippen LogP contribution < -0.4 is 0 Å². The summed E-state index contributed by atoms with van der Waals surface area (Å²) in [5.74, 6) is -0.465. The van der Waals surface area contributed by atoms with Crippen LogP contribution in [0.25, 0.3) is 0 Å². The molecule has 1 aromatic rings. The Morgan fingerprint density at radius 2 is 1.70 bits per heavy atom. The molecule has 0 bridgehead atoms. The molecule has 0 fully saturated rings. The van der Waals surface area contributed by atoms with Gasteiger partial charge in [0.15, 0.2) is 8.32 Å². The van der Waals surface area contributed by atoms with E-state index in [9.17, 15) is 9.90 Å². The lowest BCUT2D eigenvalue weighted by Crippen LogP contribution is -2.42. The van der Waals surface area contributed by atoms with Crippen molar-refractivity contribution in [2.75, 3.05) is 6.61 Å². The minimum atomic E-state index is -1.84. The number of aliphatic hydroxyl groups is 1. The summed E-state index contributed by atoms with van der Waals surface area (Å²) in [7, 11) is -1.84. The molecule has 2 unspecified atom stereocenters. The predicted molar refractivity (Wildman–Crippen MR) is 97.9 cm³/mol. The van der Waals surface area contributed by atoms with E-state index in [1.807, 2.05) is 30.3 Å². The Hall–Kier alpha value is -0.973. The molecule has 0 heterocycles. The first kappa shape index (κ1) is 20.1. The summed E-state index contributed by atoms with van der Waals surface area (Å²) in [6, 6.07) is 9.40. The van der Waals surface area contributed by atoms with Crippen molar-refractivity contribution in [1.82, 2.24) is 0 Å². The van der Waals surface area contributed by atoms with Gasteiger partial charge in [0.05, 0.1) is 11.5 Å². The quantitative estimate of drug-likeness (QED) is 0.745. The Balaban J connectivity index is 2.83. The molecule has 0 radical (unpaired) electrons. The minimum absolute atomic E-state index is 0.00214. The maximum absolute atomic E-state index is 12.1. The first-order chi connectivity index (χ1) is 10.4. The molecule has 0 amide bonds. The third-order valence-corrected chi connectivity index (χ3v) is 9.74. The second-order valence-electron chi connectivity index (χ2n) is 8.07. The van der Waals surface area contributed by atoms with E-state index in [1.165, 1.54) is 0 Å². The number of hydrogen-bond donors (Lipinski definition) is 1. The Kier molecular flexibility index (Phi) is 6.36. The molecule has 0 aliphatic heterocycles. The lowest BCUT2D eigenvalue weighted by Gasteiger charge is -2.37. The second kappa shape index (κ2) is 7.28. The van der Waals surface area contributed by atoms with Crippen LogP contribution >= 0.6 is 0 Å². The van der Waals surface area contributed by atoms with Crippen LogP contribution in [0.1, 0.15) is 46.6 Å². The van der Waals surface area contributed by atoms with Gasteiger partial charge in [0, 0.05) is 6.61 Å². The van der Waals surface area contributed by atoms with Crippen LogP contribution in [0, 0.1) is 5.92 Å². The van der Waals surface area contributed by atoms with Crippen LogP contribution in [0.3, 0.4) is 0 Å². The summed E-state index contributed by atoms with van der Waals surface area (Å²) in [5.41, 5.74) is -0.406. The number of carbonyl (C=O) groups is 1. The van der Waals surface area contributed by atoms with Gasteiger partial charge in [-0.3, -0.25) is 4.79 Å². The number of benzene rings is 1. The third kappa shape index (κ3) is 5.00. The molecule has 0 aromatic heterocycles. The van der Waals surface area contributed by atoms with E-state index >= 15 is 0 Å². The highest BCUT2D eigenvalue weighted by molar-refractivity contribution is 6.74. The fourth-order valence-electron chi connectivity index (χ4n) is 2.51. The molecule has 0 saturated carbocycles. The maximum atomic E-state index is 12.1.